The smallest absolute Gasteiger partial charge is 0.343 e. The van der Waals surface area contributed by atoms with Gasteiger partial charge in [-0.05, 0) is 18.2 Å². The largest absolute Gasteiger partial charge is 0.435 e. The van der Waals surface area contributed by atoms with E-state index in [4.69, 9.17) is 16.9 Å². The molecule has 1 saturated heterocycles. The zero-order chi connectivity index (χ0) is 29.1. The molecule has 0 aliphatic carbocycles. The molecule has 4 heterocycles. The number of piperazine rings is 1. The van der Waals surface area contributed by atoms with Crippen LogP contribution in [0.5, 0.6) is 0 Å². The summed E-state index contributed by atoms with van der Waals surface area (Å²) in [7, 11) is 0. The minimum atomic E-state index is -4.75. The molecule has 1 aliphatic heterocycles. The minimum absolute atomic E-state index is 0.0994. The first kappa shape index (κ1) is 27.9. The Morgan fingerprint density at radius 2 is 1.98 bits per heavy atom. The summed E-state index contributed by atoms with van der Waals surface area (Å²) in [6.45, 7) is 2.03. The number of imidazole rings is 1. The standard InChI is InChI=1S/C25H22ClF3N10O2/c26-18-11-15(1-2-16(18)24(41)34-13-20(40)37-8-4-31-5-9-37)35-22-23-33-12-19(39(23)10-6-32-22)17-14-38(7-3-30)36-21(17)25(27,28)29/h1-2,6,10-12,14,31H,4-5,7-9,13H2,(H,32,35)(H,34,41). The first-order valence-corrected chi connectivity index (χ1v) is 12.7. The predicted octanol–water partition coefficient (Wildman–Crippen LogP) is 2.69. The minimum Gasteiger partial charge on any atom is -0.343 e. The number of benzene rings is 1. The molecular weight excluding hydrogens is 565 g/mol. The van der Waals surface area contributed by atoms with Crippen molar-refractivity contribution in [2.45, 2.75) is 12.7 Å². The SMILES string of the molecule is N#CCn1cc(-c2cnc3c(Nc4ccc(C(=O)NCC(=O)N5CCNCC5)c(Cl)c4)nccn23)c(C(F)(F)F)n1. The van der Waals surface area contributed by atoms with Crippen molar-refractivity contribution in [3.63, 3.8) is 0 Å². The Hall–Kier alpha value is -4.68. The van der Waals surface area contributed by atoms with Crippen LogP contribution in [0, 0.1) is 11.3 Å². The van der Waals surface area contributed by atoms with Gasteiger partial charge in [0.1, 0.15) is 6.54 Å². The first-order valence-electron chi connectivity index (χ1n) is 12.3. The van der Waals surface area contributed by atoms with Crippen LogP contribution in [0.4, 0.5) is 24.7 Å². The van der Waals surface area contributed by atoms with Crippen molar-refractivity contribution in [2.24, 2.45) is 0 Å². The van der Waals surface area contributed by atoms with E-state index in [1.54, 1.807) is 17.0 Å². The lowest BCUT2D eigenvalue weighted by Crippen LogP contribution is -2.49. The van der Waals surface area contributed by atoms with Crippen molar-refractivity contribution in [1.82, 2.24) is 39.7 Å². The van der Waals surface area contributed by atoms with Gasteiger partial charge in [0.25, 0.3) is 5.91 Å². The molecule has 1 aliphatic rings. The van der Waals surface area contributed by atoms with Crippen molar-refractivity contribution in [1.29, 1.82) is 5.26 Å². The highest BCUT2D eigenvalue weighted by molar-refractivity contribution is 6.34. The second-order valence-electron chi connectivity index (χ2n) is 8.99. The quantitative estimate of drug-likeness (QED) is 0.300. The lowest BCUT2D eigenvalue weighted by atomic mass is 10.2. The second kappa shape index (κ2) is 11.4. The van der Waals surface area contributed by atoms with Crippen LogP contribution >= 0.6 is 11.6 Å². The van der Waals surface area contributed by atoms with Gasteiger partial charge in [-0.2, -0.15) is 23.5 Å². The Labute approximate surface area is 235 Å². The highest BCUT2D eigenvalue weighted by atomic mass is 35.5. The number of nitriles is 1. The number of halogens is 4. The molecule has 41 heavy (non-hydrogen) atoms. The van der Waals surface area contributed by atoms with Gasteiger partial charge < -0.3 is 20.9 Å². The molecule has 0 bridgehead atoms. The number of nitrogens with zero attached hydrogens (tertiary/aromatic N) is 7. The summed E-state index contributed by atoms with van der Waals surface area (Å²) in [5.41, 5.74) is -0.474. The van der Waals surface area contributed by atoms with Crippen LogP contribution in [-0.2, 0) is 17.5 Å². The second-order valence-corrected chi connectivity index (χ2v) is 9.40. The summed E-state index contributed by atoms with van der Waals surface area (Å²) in [6, 6.07) is 6.30. The summed E-state index contributed by atoms with van der Waals surface area (Å²) in [6.07, 6.45) is 0.480. The molecule has 3 N–H and O–H groups in total. The van der Waals surface area contributed by atoms with Crippen LogP contribution in [0.15, 0.2) is 43.0 Å². The normalized spacial score (nSPS) is 13.7. The molecule has 4 aromatic rings. The predicted molar refractivity (Wildman–Crippen MR) is 141 cm³/mol. The number of hydrogen-bond acceptors (Lipinski definition) is 8. The number of anilines is 2. The Morgan fingerprint density at radius 1 is 1.20 bits per heavy atom. The highest BCUT2D eigenvalue weighted by Gasteiger charge is 2.38. The van der Waals surface area contributed by atoms with Gasteiger partial charge in [-0.15, -0.1) is 0 Å². The monoisotopic (exact) mass is 586 g/mol. The molecule has 0 spiro atoms. The van der Waals surface area contributed by atoms with Gasteiger partial charge in [-0.25, -0.2) is 9.97 Å². The molecule has 12 nitrogen and oxygen atoms in total. The van der Waals surface area contributed by atoms with Gasteiger partial charge in [0.2, 0.25) is 5.91 Å². The van der Waals surface area contributed by atoms with E-state index in [9.17, 15) is 22.8 Å². The van der Waals surface area contributed by atoms with Gasteiger partial charge >= 0.3 is 6.18 Å². The maximum absolute atomic E-state index is 13.7. The number of carbonyl (C=O) groups excluding carboxylic acids is 2. The van der Waals surface area contributed by atoms with Crippen molar-refractivity contribution < 1.29 is 22.8 Å². The Bertz CT molecular complexity index is 1650. The average Bonchev–Trinajstić information content (AvgIpc) is 3.57. The third-order valence-electron chi connectivity index (χ3n) is 6.31. The fraction of sp³-hybridized carbons (Fsp3) is 0.280. The summed E-state index contributed by atoms with van der Waals surface area (Å²) >= 11 is 6.36. The van der Waals surface area contributed by atoms with Crippen LogP contribution in [-0.4, -0.2) is 73.6 Å². The average molecular weight is 587 g/mol. The van der Waals surface area contributed by atoms with Gasteiger partial charge in [0, 0.05) is 50.5 Å². The molecule has 2 amide bonds. The van der Waals surface area contributed by atoms with Gasteiger partial charge in [0.15, 0.2) is 17.2 Å². The molecule has 1 fully saturated rings. The first-order chi connectivity index (χ1) is 19.7. The maximum atomic E-state index is 13.7. The number of amides is 2. The van der Waals surface area contributed by atoms with Crippen molar-refractivity contribution in [3.05, 3.63) is 59.3 Å². The van der Waals surface area contributed by atoms with E-state index in [0.717, 1.165) is 10.9 Å². The zero-order valence-corrected chi connectivity index (χ0v) is 22.0. The zero-order valence-electron chi connectivity index (χ0n) is 21.2. The van der Waals surface area contributed by atoms with E-state index in [-0.39, 0.29) is 52.3 Å². The molecular formula is C25H22ClF3N10O2. The van der Waals surface area contributed by atoms with Crippen LogP contribution in [0.3, 0.4) is 0 Å². The third-order valence-corrected chi connectivity index (χ3v) is 6.63. The number of carbonyl (C=O) groups is 2. The number of hydrogen-bond donors (Lipinski definition) is 3. The van der Waals surface area contributed by atoms with Crippen molar-refractivity contribution in [3.8, 4) is 17.3 Å². The van der Waals surface area contributed by atoms with E-state index in [1.165, 1.54) is 35.1 Å². The summed E-state index contributed by atoms with van der Waals surface area (Å²) in [5.74, 6) is -0.487. The lowest BCUT2D eigenvalue weighted by Gasteiger charge is -2.27. The number of alkyl halides is 3. The topological polar surface area (TPSA) is 145 Å². The molecule has 0 unspecified atom stereocenters. The molecule has 3 aromatic heterocycles. The van der Waals surface area contributed by atoms with Crippen LogP contribution in [0.2, 0.25) is 5.02 Å². The molecule has 0 atom stereocenters. The lowest BCUT2D eigenvalue weighted by molar-refractivity contribution is -0.141. The van der Waals surface area contributed by atoms with Gasteiger partial charge in [-0.1, -0.05) is 11.6 Å². The molecule has 0 saturated carbocycles. The van der Waals surface area contributed by atoms with Crippen LogP contribution in [0.1, 0.15) is 16.1 Å². The van der Waals surface area contributed by atoms with E-state index in [0.29, 0.717) is 31.9 Å². The number of rotatable bonds is 7. The molecule has 1 aromatic carbocycles. The highest BCUT2D eigenvalue weighted by Crippen LogP contribution is 2.37. The van der Waals surface area contributed by atoms with E-state index in [1.807, 2.05) is 0 Å². The molecule has 16 heteroatoms. The number of aromatic nitrogens is 5. The van der Waals surface area contributed by atoms with Crippen molar-refractivity contribution >= 4 is 40.6 Å². The van der Waals surface area contributed by atoms with E-state index < -0.39 is 17.8 Å². The summed E-state index contributed by atoms with van der Waals surface area (Å²) < 4.78 is 43.4. The number of fused-ring (bicyclic) bond motifs is 1. The molecule has 0 radical (unpaired) electrons. The summed E-state index contributed by atoms with van der Waals surface area (Å²) in [4.78, 5) is 35.1. The van der Waals surface area contributed by atoms with E-state index >= 15 is 0 Å². The fourth-order valence-electron chi connectivity index (χ4n) is 4.37. The number of nitrogens with one attached hydrogen (secondary N) is 3. The van der Waals surface area contributed by atoms with Gasteiger partial charge in [-0.3, -0.25) is 18.7 Å². The maximum Gasteiger partial charge on any atom is 0.435 e. The third kappa shape index (κ3) is 5.93. The van der Waals surface area contributed by atoms with Crippen LogP contribution < -0.4 is 16.0 Å². The summed E-state index contributed by atoms with van der Waals surface area (Å²) in [5, 5.41) is 21.3. The van der Waals surface area contributed by atoms with E-state index in [2.05, 4.69) is 31.0 Å². The Balaban J connectivity index is 1.34. The van der Waals surface area contributed by atoms with Crippen LogP contribution in [0.25, 0.3) is 16.9 Å². The Kier molecular flexibility index (Phi) is 7.77. The van der Waals surface area contributed by atoms with Crippen molar-refractivity contribution in [2.75, 3.05) is 38.0 Å². The fourth-order valence-corrected chi connectivity index (χ4v) is 4.64. The van der Waals surface area contributed by atoms with Gasteiger partial charge in [0.05, 0.1) is 40.7 Å². The molecule has 212 valence electrons. The Morgan fingerprint density at radius 3 is 2.68 bits per heavy atom. The molecule has 5 rings (SSSR count).